The smallest absolute Gasteiger partial charge is 0.265 e. The van der Waals surface area contributed by atoms with E-state index in [-0.39, 0.29) is 17.4 Å². The largest absolute Gasteiger partial charge is 0.379 e. The normalized spacial score (nSPS) is 18.0. The van der Waals surface area contributed by atoms with Gasteiger partial charge < -0.3 is 0 Å². The summed E-state index contributed by atoms with van der Waals surface area (Å²) in [6.07, 6.45) is 0. The van der Waals surface area contributed by atoms with E-state index in [1.807, 2.05) is 0 Å². The molecular formula is CH6O2Si. The molecule has 0 bridgehead atoms. The highest BCUT2D eigenvalue weighted by molar-refractivity contribution is 6.24. The highest BCUT2D eigenvalue weighted by Gasteiger charge is 1.98. The summed E-state index contributed by atoms with van der Waals surface area (Å²) in [6, 6.07) is 0. The van der Waals surface area contributed by atoms with Crippen molar-refractivity contribution in [2.45, 2.75) is 7.43 Å². The van der Waals surface area contributed by atoms with Crippen molar-refractivity contribution in [1.82, 2.24) is 0 Å². The molecule has 0 aromatic heterocycles. The average Bonchev–Trinajstić information content (AvgIpc) is 1.46. The number of hydrogen-bond acceptors (Lipinski definition) is 2. The van der Waals surface area contributed by atoms with Crippen LogP contribution < -0.4 is 0 Å². The van der Waals surface area contributed by atoms with Crippen LogP contribution in [-0.4, -0.2) is 10.0 Å². The fourth-order valence-electron chi connectivity index (χ4n) is 0. The van der Waals surface area contributed by atoms with E-state index >= 15 is 0 Å². The number of hydrogen-bond donors (Lipinski definition) is 0. The Morgan fingerprint density at radius 2 is 1.50 bits per heavy atom. The first-order chi connectivity index (χ1) is 1.50. The maximum absolute atomic E-state index is 4.14. The van der Waals surface area contributed by atoms with Crippen molar-refractivity contribution in [3.63, 3.8) is 0 Å². The van der Waals surface area contributed by atoms with Crippen molar-refractivity contribution in [2.24, 2.45) is 0 Å². The van der Waals surface area contributed by atoms with Crippen LogP contribution in [0.3, 0.4) is 0 Å². The Morgan fingerprint density at radius 3 is 1.50 bits per heavy atom. The third-order valence-corrected chi connectivity index (χ3v) is 0.354. The first-order valence-corrected chi connectivity index (χ1v) is 1.90. The molecule has 0 atom stereocenters. The zero-order valence-corrected chi connectivity index (χ0v) is 2.94. The monoisotopic (exact) mass is 78.0 g/mol. The van der Waals surface area contributed by atoms with Gasteiger partial charge in [0.15, 0.2) is 0 Å². The van der Waals surface area contributed by atoms with E-state index in [0.717, 1.165) is 0 Å². The van der Waals surface area contributed by atoms with E-state index in [1.165, 1.54) is 0 Å². The van der Waals surface area contributed by atoms with Gasteiger partial charge in [-0.25, -0.2) is 0 Å². The second kappa shape index (κ2) is 1.46. The fourth-order valence-corrected chi connectivity index (χ4v) is 0. The lowest BCUT2D eigenvalue weighted by Gasteiger charge is -1.27. The Morgan fingerprint density at radius 1 is 1.25 bits per heavy atom. The summed E-state index contributed by atoms with van der Waals surface area (Å²) in [6.45, 7) is 0. The van der Waals surface area contributed by atoms with Crippen LogP contribution >= 0.6 is 0 Å². The maximum Gasteiger partial charge on any atom is 0.379 e. The molecule has 0 saturated carbocycles. The first kappa shape index (κ1) is 4.14. The molecule has 2 nitrogen and oxygen atoms in total. The van der Waals surface area contributed by atoms with Crippen LogP contribution in [-0.2, 0) is 9.15 Å². The van der Waals surface area contributed by atoms with E-state index in [2.05, 4.69) is 9.15 Å². The molecule has 1 saturated heterocycles. The van der Waals surface area contributed by atoms with Gasteiger partial charge in [0, 0.05) is 0 Å². The predicted octanol–water partition coefficient (Wildman–Crippen LogP) is -0.417. The summed E-state index contributed by atoms with van der Waals surface area (Å²) in [4.78, 5) is 0. The van der Waals surface area contributed by atoms with Gasteiger partial charge in [0.2, 0.25) is 0 Å². The summed E-state index contributed by atoms with van der Waals surface area (Å²) in [5.74, 6) is 0. The molecule has 1 aliphatic rings. The van der Waals surface area contributed by atoms with Crippen LogP contribution in [0.4, 0.5) is 0 Å². The highest BCUT2D eigenvalue weighted by atomic mass is 28.3. The second-order valence-corrected chi connectivity index (χ2v) is 1.06. The molecule has 26 valence electrons. The molecule has 0 unspecified atom stereocenters. The molecule has 0 spiro atoms. The third kappa shape index (κ3) is 2.14. The van der Waals surface area contributed by atoms with Gasteiger partial charge >= 0.3 is 10.0 Å². The van der Waals surface area contributed by atoms with Gasteiger partial charge in [-0.1, -0.05) is 7.43 Å². The summed E-state index contributed by atoms with van der Waals surface area (Å²) in [5.41, 5.74) is 0. The van der Waals surface area contributed by atoms with Gasteiger partial charge in [-0.3, -0.25) is 9.15 Å². The van der Waals surface area contributed by atoms with Crippen molar-refractivity contribution in [3.05, 3.63) is 0 Å². The first-order valence-electron chi connectivity index (χ1n) is 0.744. The Bertz CT molecular complexity index is 10.8. The molecule has 0 aromatic rings. The SMILES string of the molecule is C.O1O[SiH2]1. The molecular weight excluding hydrogens is 72.1 g/mol. The molecule has 0 amide bonds. The lowest BCUT2D eigenvalue weighted by Crippen LogP contribution is -1.28. The van der Waals surface area contributed by atoms with E-state index < -0.39 is 0 Å². The zero-order chi connectivity index (χ0) is 2.12. The fraction of sp³-hybridized carbons (Fsp3) is 1.00. The minimum absolute atomic E-state index is 0. The van der Waals surface area contributed by atoms with Crippen LogP contribution in [0.2, 0.25) is 0 Å². The highest BCUT2D eigenvalue weighted by Crippen LogP contribution is 1.83. The van der Waals surface area contributed by atoms with Crippen molar-refractivity contribution < 1.29 is 9.15 Å². The van der Waals surface area contributed by atoms with Crippen LogP contribution in [0.5, 0.6) is 0 Å². The van der Waals surface area contributed by atoms with Gasteiger partial charge in [0.05, 0.1) is 0 Å². The van der Waals surface area contributed by atoms with Crippen LogP contribution in [0.15, 0.2) is 0 Å². The molecule has 1 rings (SSSR count). The number of rotatable bonds is 0. The van der Waals surface area contributed by atoms with Crippen molar-refractivity contribution in [1.29, 1.82) is 0 Å². The Labute approximate surface area is 27.7 Å². The van der Waals surface area contributed by atoms with Crippen molar-refractivity contribution in [3.8, 4) is 0 Å². The Balaban J connectivity index is 0.0000000900. The van der Waals surface area contributed by atoms with Gasteiger partial charge in [0.1, 0.15) is 0 Å². The van der Waals surface area contributed by atoms with Crippen molar-refractivity contribution in [2.75, 3.05) is 0 Å². The van der Waals surface area contributed by atoms with Crippen LogP contribution in [0, 0.1) is 0 Å². The van der Waals surface area contributed by atoms with E-state index in [1.54, 1.807) is 0 Å². The van der Waals surface area contributed by atoms with Gasteiger partial charge in [0.25, 0.3) is 0 Å². The lowest BCUT2D eigenvalue weighted by molar-refractivity contribution is 0.0850. The summed E-state index contributed by atoms with van der Waals surface area (Å²) in [7, 11) is -0.333. The van der Waals surface area contributed by atoms with Crippen molar-refractivity contribution >= 4 is 10.0 Å². The molecule has 1 fully saturated rings. The Kier molecular flexibility index (Phi) is 1.51. The van der Waals surface area contributed by atoms with Gasteiger partial charge in [-0.05, 0) is 0 Å². The molecule has 0 N–H and O–H groups in total. The summed E-state index contributed by atoms with van der Waals surface area (Å²) >= 11 is 0. The van der Waals surface area contributed by atoms with Crippen LogP contribution in [0.25, 0.3) is 0 Å². The zero-order valence-electron chi connectivity index (χ0n) is 1.52. The quantitative estimate of drug-likeness (QED) is 0.223. The third-order valence-electron chi connectivity index (χ3n) is 0.118. The second-order valence-electron chi connectivity index (χ2n) is 0.354. The molecule has 1 heterocycles. The lowest BCUT2D eigenvalue weighted by atomic mass is 12.0. The Hall–Kier alpha value is 0.137. The van der Waals surface area contributed by atoms with E-state index in [0.29, 0.717) is 0 Å². The molecule has 3 heteroatoms. The van der Waals surface area contributed by atoms with E-state index in [4.69, 9.17) is 0 Å². The van der Waals surface area contributed by atoms with Gasteiger partial charge in [-0.15, -0.1) is 0 Å². The topological polar surface area (TPSA) is 25.1 Å². The maximum atomic E-state index is 4.14. The molecule has 0 aromatic carbocycles. The predicted molar refractivity (Wildman–Crippen MR) is 17.4 cm³/mol. The summed E-state index contributed by atoms with van der Waals surface area (Å²) < 4.78 is 8.28. The van der Waals surface area contributed by atoms with Crippen LogP contribution in [0.1, 0.15) is 7.43 Å². The minimum atomic E-state index is -0.333. The average molecular weight is 78.1 g/mol. The molecule has 0 radical (unpaired) electrons. The van der Waals surface area contributed by atoms with E-state index in [9.17, 15) is 0 Å². The minimum Gasteiger partial charge on any atom is -0.265 e. The molecule has 4 heavy (non-hydrogen) atoms. The molecule has 1 aliphatic heterocycles. The standard InChI is InChI=1S/CH4.H2O2Si/c;1-2-3-1/h1H4;3H2. The van der Waals surface area contributed by atoms with Gasteiger partial charge in [-0.2, -0.15) is 0 Å². The molecule has 0 aliphatic carbocycles. The summed E-state index contributed by atoms with van der Waals surface area (Å²) in [5, 5.41) is 0.